The van der Waals surface area contributed by atoms with E-state index in [1.165, 1.54) is 5.57 Å². The van der Waals surface area contributed by atoms with Crippen molar-refractivity contribution in [3.63, 3.8) is 0 Å². The van der Waals surface area contributed by atoms with Crippen LogP contribution in [0.15, 0.2) is 24.4 Å². The van der Waals surface area contributed by atoms with Gasteiger partial charge in [0.05, 0.1) is 6.04 Å². The monoisotopic (exact) mass is 334 g/mol. The molecular formula is C18H23ClN2O2. The molecule has 2 unspecified atom stereocenters. The Kier molecular flexibility index (Phi) is 4.37. The first-order chi connectivity index (χ1) is 10.8. The van der Waals surface area contributed by atoms with Gasteiger partial charge < -0.3 is 4.74 Å². The molecule has 3 heterocycles. The number of ether oxygens (including phenoxy) is 1. The minimum absolute atomic E-state index is 0.114. The molecule has 1 amide bonds. The van der Waals surface area contributed by atoms with Crippen LogP contribution in [0.25, 0.3) is 5.57 Å². The number of nitrogens with zero attached hydrogens (tertiary/aromatic N) is 2. The van der Waals surface area contributed by atoms with Crippen molar-refractivity contribution in [2.24, 2.45) is 0 Å². The number of hydrogen-bond donors (Lipinski definition) is 0. The topological polar surface area (TPSA) is 42.4 Å². The first-order valence-corrected chi connectivity index (χ1v) is 8.55. The van der Waals surface area contributed by atoms with Gasteiger partial charge in [0.2, 0.25) is 0 Å². The molecule has 3 rings (SSSR count). The summed E-state index contributed by atoms with van der Waals surface area (Å²) in [6, 6.07) is 4.13. The van der Waals surface area contributed by atoms with E-state index in [4.69, 9.17) is 16.3 Å². The van der Waals surface area contributed by atoms with E-state index in [9.17, 15) is 4.79 Å². The van der Waals surface area contributed by atoms with Crippen molar-refractivity contribution < 1.29 is 9.53 Å². The number of hydrogen-bond acceptors (Lipinski definition) is 3. The Morgan fingerprint density at radius 1 is 1.35 bits per heavy atom. The fraction of sp³-hybridized carbons (Fsp3) is 0.556. The van der Waals surface area contributed by atoms with Crippen molar-refractivity contribution in [2.45, 2.75) is 64.1 Å². The number of piperidine rings is 1. The smallest absolute Gasteiger partial charge is 0.411 e. The fourth-order valence-electron chi connectivity index (χ4n) is 3.41. The fourth-order valence-corrected chi connectivity index (χ4v) is 3.52. The molecule has 2 aliphatic rings. The minimum Gasteiger partial charge on any atom is -0.444 e. The summed E-state index contributed by atoms with van der Waals surface area (Å²) in [7, 11) is 0. The highest BCUT2D eigenvalue weighted by Gasteiger charge is 2.39. The highest BCUT2D eigenvalue weighted by Crippen LogP contribution is 2.37. The van der Waals surface area contributed by atoms with Crippen LogP contribution in [-0.4, -0.2) is 33.7 Å². The zero-order valence-corrected chi connectivity index (χ0v) is 14.6. The SMILES string of the molecule is CC(C)(C)OC(=O)N1C2C=C(c3ccc(Cl)nc3)CC1CCC2. The standard InChI is InChI=1S/C18H23ClN2O2/c1-18(2,3)23-17(22)21-14-5-4-6-15(21)10-13(9-14)12-7-8-16(19)20-11-12/h7-9,11,14-15H,4-6,10H2,1-3H3. The second kappa shape index (κ2) is 6.16. The molecular weight excluding hydrogens is 312 g/mol. The third-order valence-electron chi connectivity index (χ3n) is 4.34. The number of rotatable bonds is 1. The summed E-state index contributed by atoms with van der Waals surface area (Å²) in [4.78, 5) is 18.7. The maximum absolute atomic E-state index is 12.6. The normalized spacial score (nSPS) is 24.2. The number of halogens is 1. The molecule has 23 heavy (non-hydrogen) atoms. The van der Waals surface area contributed by atoms with E-state index in [0.717, 1.165) is 31.2 Å². The largest absolute Gasteiger partial charge is 0.444 e. The van der Waals surface area contributed by atoms with Crippen molar-refractivity contribution in [3.8, 4) is 0 Å². The van der Waals surface area contributed by atoms with Gasteiger partial charge in [0.25, 0.3) is 0 Å². The van der Waals surface area contributed by atoms with Gasteiger partial charge in [-0.2, -0.15) is 0 Å². The molecule has 2 aliphatic heterocycles. The summed E-state index contributed by atoms with van der Waals surface area (Å²) in [6.45, 7) is 5.72. The highest BCUT2D eigenvalue weighted by molar-refractivity contribution is 6.29. The lowest BCUT2D eigenvalue weighted by Gasteiger charge is -2.45. The van der Waals surface area contributed by atoms with Crippen LogP contribution in [0.3, 0.4) is 0 Å². The van der Waals surface area contributed by atoms with Gasteiger partial charge in [-0.25, -0.2) is 9.78 Å². The lowest BCUT2D eigenvalue weighted by Crippen LogP contribution is -2.53. The molecule has 1 aromatic heterocycles. The van der Waals surface area contributed by atoms with E-state index in [0.29, 0.717) is 5.15 Å². The average Bonchev–Trinajstić information content (AvgIpc) is 2.44. The zero-order chi connectivity index (χ0) is 16.6. The molecule has 124 valence electrons. The van der Waals surface area contributed by atoms with E-state index in [1.54, 1.807) is 0 Å². The summed E-state index contributed by atoms with van der Waals surface area (Å²) in [6.07, 6.45) is 7.82. The molecule has 1 saturated heterocycles. The van der Waals surface area contributed by atoms with Gasteiger partial charge in [0.15, 0.2) is 0 Å². The van der Waals surface area contributed by atoms with Crippen LogP contribution in [0.4, 0.5) is 4.79 Å². The number of carbonyl (C=O) groups excluding carboxylic acids is 1. The Bertz CT molecular complexity index is 619. The highest BCUT2D eigenvalue weighted by atomic mass is 35.5. The summed E-state index contributed by atoms with van der Waals surface area (Å²) in [5, 5.41) is 0.501. The third kappa shape index (κ3) is 3.69. The maximum Gasteiger partial charge on any atom is 0.411 e. The predicted molar refractivity (Wildman–Crippen MR) is 91.3 cm³/mol. The van der Waals surface area contributed by atoms with E-state index in [1.807, 2.05) is 44.0 Å². The van der Waals surface area contributed by atoms with Crippen LogP contribution in [0.5, 0.6) is 0 Å². The lowest BCUT2D eigenvalue weighted by molar-refractivity contribution is 0.0000859. The maximum atomic E-state index is 12.6. The van der Waals surface area contributed by atoms with Gasteiger partial charge >= 0.3 is 6.09 Å². The molecule has 2 atom stereocenters. The van der Waals surface area contributed by atoms with Gasteiger partial charge in [-0.15, -0.1) is 0 Å². The van der Waals surface area contributed by atoms with Gasteiger partial charge in [-0.1, -0.05) is 23.7 Å². The quantitative estimate of drug-likeness (QED) is 0.700. The van der Waals surface area contributed by atoms with Crippen LogP contribution in [0.2, 0.25) is 5.15 Å². The first-order valence-electron chi connectivity index (χ1n) is 8.17. The molecule has 0 spiro atoms. The van der Waals surface area contributed by atoms with Crippen LogP contribution < -0.4 is 0 Å². The summed E-state index contributed by atoms with van der Waals surface area (Å²) < 4.78 is 5.60. The van der Waals surface area contributed by atoms with E-state index >= 15 is 0 Å². The van der Waals surface area contributed by atoms with Gasteiger partial charge in [0.1, 0.15) is 10.8 Å². The summed E-state index contributed by atoms with van der Waals surface area (Å²) >= 11 is 5.87. The molecule has 5 heteroatoms. The summed E-state index contributed by atoms with van der Waals surface area (Å²) in [5.41, 5.74) is 1.88. The van der Waals surface area contributed by atoms with Crippen molar-refractivity contribution in [2.75, 3.05) is 0 Å². The Hall–Kier alpha value is -1.55. The number of carbonyl (C=O) groups is 1. The lowest BCUT2D eigenvalue weighted by atomic mass is 9.83. The zero-order valence-electron chi connectivity index (χ0n) is 13.9. The molecule has 0 aliphatic carbocycles. The molecule has 1 aromatic rings. The van der Waals surface area contributed by atoms with Gasteiger partial charge in [0, 0.05) is 12.2 Å². The second-order valence-corrected chi connectivity index (χ2v) is 7.69. The van der Waals surface area contributed by atoms with Gasteiger partial charge in [-0.3, -0.25) is 4.90 Å². The second-order valence-electron chi connectivity index (χ2n) is 7.31. The number of amides is 1. The number of pyridine rings is 1. The van der Waals surface area contributed by atoms with Crippen LogP contribution in [0, 0.1) is 0 Å². The van der Waals surface area contributed by atoms with Crippen molar-refractivity contribution in [1.29, 1.82) is 0 Å². The Morgan fingerprint density at radius 3 is 2.74 bits per heavy atom. The predicted octanol–water partition coefficient (Wildman–Crippen LogP) is 4.68. The van der Waals surface area contributed by atoms with Crippen molar-refractivity contribution in [1.82, 2.24) is 9.88 Å². The van der Waals surface area contributed by atoms with Crippen molar-refractivity contribution in [3.05, 3.63) is 35.1 Å². The number of aromatic nitrogens is 1. The Balaban J connectivity index is 1.84. The van der Waals surface area contributed by atoms with E-state index < -0.39 is 5.60 Å². The third-order valence-corrected chi connectivity index (χ3v) is 4.56. The average molecular weight is 335 g/mol. The van der Waals surface area contributed by atoms with Crippen LogP contribution in [0.1, 0.15) is 52.0 Å². The summed E-state index contributed by atoms with van der Waals surface area (Å²) in [5.74, 6) is 0. The Labute approximate surface area is 142 Å². The van der Waals surface area contributed by atoms with E-state index in [-0.39, 0.29) is 18.2 Å². The van der Waals surface area contributed by atoms with Gasteiger partial charge in [-0.05, 0) is 63.7 Å². The van der Waals surface area contributed by atoms with Crippen molar-refractivity contribution >= 4 is 23.3 Å². The molecule has 1 fully saturated rings. The molecule has 0 saturated carbocycles. The van der Waals surface area contributed by atoms with Crippen LogP contribution in [-0.2, 0) is 4.74 Å². The molecule has 0 radical (unpaired) electrons. The molecule has 4 nitrogen and oxygen atoms in total. The van der Waals surface area contributed by atoms with Crippen LogP contribution >= 0.6 is 11.6 Å². The first kappa shape index (κ1) is 16.3. The molecule has 0 aromatic carbocycles. The molecule has 0 N–H and O–H groups in total. The number of fused-ring (bicyclic) bond motifs is 2. The minimum atomic E-state index is -0.463. The molecule has 2 bridgehead atoms. The Morgan fingerprint density at radius 2 is 2.13 bits per heavy atom. The van der Waals surface area contributed by atoms with E-state index in [2.05, 4.69) is 11.1 Å².